The number of amides is 1. The molecule has 1 aliphatic carbocycles. The van der Waals surface area contributed by atoms with E-state index < -0.39 is 5.60 Å². The van der Waals surface area contributed by atoms with Gasteiger partial charge in [-0.3, -0.25) is 0 Å². The van der Waals surface area contributed by atoms with Crippen LogP contribution in [0.5, 0.6) is 0 Å². The van der Waals surface area contributed by atoms with Crippen LogP contribution in [0.2, 0.25) is 5.15 Å². The Hall–Kier alpha value is -2.51. The Labute approximate surface area is 170 Å². The van der Waals surface area contributed by atoms with Crippen molar-refractivity contribution in [3.63, 3.8) is 0 Å². The molecule has 1 aromatic rings. The lowest BCUT2D eigenvalue weighted by Crippen LogP contribution is -2.55. The van der Waals surface area contributed by atoms with Crippen LogP contribution in [0.1, 0.15) is 57.6 Å². The fraction of sp³-hybridized carbons (Fsp3) is 0.600. The fourth-order valence-electron chi connectivity index (χ4n) is 3.50. The summed E-state index contributed by atoms with van der Waals surface area (Å²) in [5.74, 6) is 0.718. The Morgan fingerprint density at radius 1 is 1.39 bits per heavy atom. The molecule has 148 valence electrons. The molecule has 8 heteroatoms. The Balaban J connectivity index is 1.87. The predicted octanol–water partition coefficient (Wildman–Crippen LogP) is 4.48. The second-order valence-electron chi connectivity index (χ2n) is 8.33. The molecule has 1 saturated carbocycles. The molecule has 28 heavy (non-hydrogen) atoms. The molecule has 0 radical (unpaired) electrons. The van der Waals surface area contributed by atoms with Gasteiger partial charge in [-0.25, -0.2) is 14.6 Å². The van der Waals surface area contributed by atoms with Crippen molar-refractivity contribution >= 4 is 29.2 Å². The summed E-state index contributed by atoms with van der Waals surface area (Å²) in [6.07, 6.45) is 1.58. The minimum absolute atomic E-state index is 0.109. The van der Waals surface area contributed by atoms with Crippen molar-refractivity contribution in [2.45, 2.75) is 58.1 Å². The smallest absolute Gasteiger partial charge is 0.410 e. The monoisotopic (exact) mass is 401 g/mol. The van der Waals surface area contributed by atoms with Crippen LogP contribution in [0.3, 0.4) is 0 Å². The molecule has 0 aromatic carbocycles. The van der Waals surface area contributed by atoms with Gasteiger partial charge in [0.25, 0.3) is 0 Å². The molecule has 1 unspecified atom stereocenters. The highest BCUT2D eigenvalue weighted by molar-refractivity contribution is 6.31. The highest BCUT2D eigenvalue weighted by Gasteiger charge is 2.36. The molecule has 1 aromatic heterocycles. The normalized spacial score (nSPS) is 19.8. The highest BCUT2D eigenvalue weighted by atomic mass is 35.5. The van der Waals surface area contributed by atoms with E-state index in [-0.39, 0.29) is 23.2 Å². The molecule has 7 nitrogen and oxygen atoms in total. The van der Waals surface area contributed by atoms with Crippen LogP contribution < -0.4 is 4.90 Å². The van der Waals surface area contributed by atoms with Gasteiger partial charge in [0, 0.05) is 25.7 Å². The van der Waals surface area contributed by atoms with Crippen molar-refractivity contribution in [3.05, 3.63) is 27.7 Å². The summed E-state index contributed by atoms with van der Waals surface area (Å²) in [6.45, 7) is 16.7. The van der Waals surface area contributed by atoms with Crippen molar-refractivity contribution in [2.24, 2.45) is 0 Å². The van der Waals surface area contributed by atoms with Crippen molar-refractivity contribution in [1.82, 2.24) is 9.88 Å². The summed E-state index contributed by atoms with van der Waals surface area (Å²) in [4.78, 5) is 24.2. The topological polar surface area (TPSA) is 73.8 Å². The molecule has 0 spiro atoms. The lowest BCUT2D eigenvalue weighted by molar-refractivity contribution is 0.0158. The van der Waals surface area contributed by atoms with Crippen LogP contribution in [-0.4, -0.2) is 47.3 Å². The molecule has 1 aliphatic heterocycles. The number of ether oxygens (including phenoxy) is 1. The molecule has 1 saturated heterocycles. The van der Waals surface area contributed by atoms with Crippen LogP contribution in [0.15, 0.2) is 0 Å². The van der Waals surface area contributed by atoms with E-state index >= 15 is 0 Å². The largest absolute Gasteiger partial charge is 0.444 e. The number of nitrogens with zero attached hydrogens (tertiary/aromatic N) is 5. The number of aromatic nitrogens is 1. The molecular weight excluding hydrogens is 378 g/mol. The van der Waals surface area contributed by atoms with Gasteiger partial charge in [0.05, 0.1) is 12.1 Å². The van der Waals surface area contributed by atoms with Crippen LogP contribution in [0.4, 0.5) is 16.3 Å². The third-order valence-electron chi connectivity index (χ3n) is 4.91. The van der Waals surface area contributed by atoms with E-state index in [0.29, 0.717) is 36.7 Å². The van der Waals surface area contributed by atoms with Crippen LogP contribution in [-0.2, 0) is 4.74 Å². The van der Waals surface area contributed by atoms with E-state index in [2.05, 4.69) is 15.9 Å². The lowest BCUT2D eigenvalue weighted by atomic mass is 10.0. The van der Waals surface area contributed by atoms with E-state index in [1.165, 1.54) is 0 Å². The van der Waals surface area contributed by atoms with Gasteiger partial charge in [0.15, 0.2) is 0 Å². The van der Waals surface area contributed by atoms with Gasteiger partial charge in [-0.05, 0) is 52.0 Å². The number of hydrogen-bond donors (Lipinski definition) is 0. The number of rotatable bonds is 2. The first-order chi connectivity index (χ1) is 13.2. The number of nitriles is 1. The molecule has 2 aliphatic rings. The van der Waals surface area contributed by atoms with Gasteiger partial charge in [0.1, 0.15) is 22.6 Å². The second-order valence-corrected chi connectivity index (χ2v) is 8.69. The minimum atomic E-state index is -0.549. The lowest BCUT2D eigenvalue weighted by Gasteiger charge is -2.41. The maximum Gasteiger partial charge on any atom is 0.410 e. The van der Waals surface area contributed by atoms with Crippen molar-refractivity contribution < 1.29 is 9.53 Å². The number of anilines is 1. The summed E-state index contributed by atoms with van der Waals surface area (Å²) in [6, 6.07) is 2.01. The molecule has 0 N–H and O–H groups in total. The first-order valence-corrected chi connectivity index (χ1v) is 9.79. The number of pyridine rings is 1. The Kier molecular flexibility index (Phi) is 5.41. The zero-order valence-corrected chi connectivity index (χ0v) is 17.4. The zero-order chi connectivity index (χ0) is 20.6. The van der Waals surface area contributed by atoms with Gasteiger partial charge in [-0.2, -0.15) is 5.26 Å². The first kappa shape index (κ1) is 20.2. The number of halogens is 1. The quantitative estimate of drug-likeness (QED) is 0.539. The third-order valence-corrected chi connectivity index (χ3v) is 5.18. The Bertz CT molecular complexity index is 877. The second kappa shape index (κ2) is 7.48. The molecule has 3 rings (SSSR count). The third kappa shape index (κ3) is 4.00. The van der Waals surface area contributed by atoms with Gasteiger partial charge < -0.3 is 14.5 Å². The highest BCUT2D eigenvalue weighted by Crippen LogP contribution is 2.50. The molecular formula is C20H24ClN5O2. The summed E-state index contributed by atoms with van der Waals surface area (Å²) in [7, 11) is 0. The fourth-order valence-corrected chi connectivity index (χ4v) is 3.72. The predicted molar refractivity (Wildman–Crippen MR) is 107 cm³/mol. The van der Waals surface area contributed by atoms with Gasteiger partial charge in [0.2, 0.25) is 5.69 Å². The van der Waals surface area contributed by atoms with E-state index in [0.717, 1.165) is 18.4 Å². The summed E-state index contributed by atoms with van der Waals surface area (Å²) in [5.41, 5.74) is 0.919. The summed E-state index contributed by atoms with van der Waals surface area (Å²) >= 11 is 6.30. The number of carbonyl (C=O) groups excluding carboxylic acids is 1. The van der Waals surface area contributed by atoms with Crippen LogP contribution >= 0.6 is 11.6 Å². The summed E-state index contributed by atoms with van der Waals surface area (Å²) in [5, 5.41) is 9.63. The molecule has 1 amide bonds. The minimum Gasteiger partial charge on any atom is -0.444 e. The summed E-state index contributed by atoms with van der Waals surface area (Å²) < 4.78 is 5.49. The Morgan fingerprint density at radius 3 is 2.57 bits per heavy atom. The van der Waals surface area contributed by atoms with Crippen molar-refractivity contribution in [3.8, 4) is 6.07 Å². The average molecular weight is 402 g/mol. The maximum atomic E-state index is 12.4. The zero-order valence-electron chi connectivity index (χ0n) is 16.6. The van der Waals surface area contributed by atoms with Crippen LogP contribution in [0, 0.1) is 17.9 Å². The van der Waals surface area contributed by atoms with Gasteiger partial charge in [-0.1, -0.05) is 11.6 Å². The Morgan fingerprint density at radius 2 is 2.07 bits per heavy atom. The number of hydrogen-bond acceptors (Lipinski definition) is 5. The van der Waals surface area contributed by atoms with Crippen molar-refractivity contribution in [2.75, 3.05) is 24.5 Å². The average Bonchev–Trinajstić information content (AvgIpc) is 3.43. The number of piperazine rings is 1. The van der Waals surface area contributed by atoms with E-state index in [9.17, 15) is 10.1 Å². The standard InChI is InChI=1S/C20H24ClN5O2/c1-12-11-25(8-9-26(12)19(27)28-20(2,3)4)18-16(23-5)15(13-6-7-13)14(10-22)17(21)24-18/h12-13H,6-9,11H2,1-4H3. The maximum absolute atomic E-state index is 12.4. The van der Waals surface area contributed by atoms with Crippen molar-refractivity contribution in [1.29, 1.82) is 5.26 Å². The van der Waals surface area contributed by atoms with Gasteiger partial charge in [-0.15, -0.1) is 0 Å². The number of carbonyl (C=O) groups is 1. The first-order valence-electron chi connectivity index (χ1n) is 9.41. The van der Waals surface area contributed by atoms with E-state index in [4.69, 9.17) is 22.9 Å². The van der Waals surface area contributed by atoms with E-state index in [1.807, 2.05) is 32.6 Å². The molecule has 0 bridgehead atoms. The van der Waals surface area contributed by atoms with Gasteiger partial charge >= 0.3 is 6.09 Å². The van der Waals surface area contributed by atoms with E-state index in [1.54, 1.807) is 4.90 Å². The molecule has 2 fully saturated rings. The SMILES string of the molecule is [C-]#[N+]c1c(N2CCN(C(=O)OC(C)(C)C)C(C)C2)nc(Cl)c(C#N)c1C1CC1. The van der Waals surface area contributed by atoms with Crippen LogP contribution in [0.25, 0.3) is 4.85 Å². The molecule has 2 heterocycles. The molecule has 1 atom stereocenters.